The van der Waals surface area contributed by atoms with Gasteiger partial charge in [0.15, 0.2) is 0 Å². The molecule has 3 heteroatoms. The topological polar surface area (TPSA) is 45.2 Å². The lowest BCUT2D eigenvalue weighted by Crippen LogP contribution is -2.00. The molecule has 0 saturated carbocycles. The first-order valence-corrected chi connectivity index (χ1v) is 8.01. The van der Waals surface area contributed by atoms with Gasteiger partial charge >= 0.3 is 0 Å². The maximum absolute atomic E-state index is 9.73. The van der Waals surface area contributed by atoms with Gasteiger partial charge in [0.1, 0.15) is 0 Å². The number of benzene rings is 3. The molecule has 0 saturated heterocycles. The number of aromatic nitrogens is 1. The lowest BCUT2D eigenvalue weighted by molar-refractivity contribution is 0.281. The van der Waals surface area contributed by atoms with Crippen LogP contribution in [-0.2, 0) is 6.61 Å². The minimum atomic E-state index is -0.000248. The number of anilines is 2. The monoisotopic (exact) mass is 314 g/mol. The molecular weight excluding hydrogens is 296 g/mol. The second-order valence-electron chi connectivity index (χ2n) is 5.93. The number of para-hydroxylation sites is 2. The third kappa shape index (κ3) is 2.49. The Bertz CT molecular complexity index is 1030. The summed E-state index contributed by atoms with van der Waals surface area (Å²) in [4.78, 5) is 4.78. The van der Waals surface area contributed by atoms with Gasteiger partial charge in [0.2, 0.25) is 0 Å². The zero-order valence-electron chi connectivity index (χ0n) is 13.5. The molecular formula is C21H18N2O. The summed E-state index contributed by atoms with van der Waals surface area (Å²) in [5.41, 5.74) is 5.81. The first-order valence-electron chi connectivity index (χ1n) is 8.01. The van der Waals surface area contributed by atoms with Gasteiger partial charge in [-0.05, 0) is 48.4 Å². The molecule has 4 aromatic rings. The molecule has 2 N–H and O–H groups in total. The number of aliphatic hydroxyl groups is 1. The minimum absolute atomic E-state index is 0.000248. The normalized spacial score (nSPS) is 11.1. The third-order valence-corrected chi connectivity index (χ3v) is 4.40. The molecule has 0 atom stereocenters. The van der Waals surface area contributed by atoms with Crippen LogP contribution in [0.3, 0.4) is 0 Å². The molecule has 24 heavy (non-hydrogen) atoms. The number of hydrogen-bond acceptors (Lipinski definition) is 3. The maximum atomic E-state index is 9.73. The quantitative estimate of drug-likeness (QED) is 0.527. The van der Waals surface area contributed by atoms with Gasteiger partial charge in [-0.25, -0.2) is 4.98 Å². The maximum Gasteiger partial charge on any atom is 0.0734 e. The van der Waals surface area contributed by atoms with Crippen molar-refractivity contribution in [3.05, 3.63) is 77.9 Å². The predicted octanol–water partition coefficient (Wildman–Crippen LogP) is 4.93. The Morgan fingerprint density at radius 2 is 1.67 bits per heavy atom. The van der Waals surface area contributed by atoms with E-state index in [1.54, 1.807) is 0 Å². The largest absolute Gasteiger partial charge is 0.392 e. The van der Waals surface area contributed by atoms with Gasteiger partial charge in [-0.15, -0.1) is 0 Å². The van der Waals surface area contributed by atoms with E-state index in [1.165, 1.54) is 0 Å². The van der Waals surface area contributed by atoms with Crippen molar-refractivity contribution < 1.29 is 5.11 Å². The summed E-state index contributed by atoms with van der Waals surface area (Å²) >= 11 is 0. The van der Waals surface area contributed by atoms with E-state index in [0.717, 1.165) is 44.3 Å². The SMILES string of the molecule is Cc1c(CO)cc2nc3ccccc3cc2c1Nc1ccccc1. The van der Waals surface area contributed by atoms with Crippen LogP contribution in [0.2, 0.25) is 0 Å². The Balaban J connectivity index is 2.00. The van der Waals surface area contributed by atoms with Gasteiger partial charge in [0, 0.05) is 16.5 Å². The molecule has 0 fully saturated rings. The van der Waals surface area contributed by atoms with E-state index in [0.29, 0.717) is 0 Å². The van der Waals surface area contributed by atoms with Crippen molar-refractivity contribution in [2.45, 2.75) is 13.5 Å². The first-order chi connectivity index (χ1) is 11.8. The second kappa shape index (κ2) is 5.95. The van der Waals surface area contributed by atoms with Crippen LogP contribution in [0.4, 0.5) is 11.4 Å². The highest BCUT2D eigenvalue weighted by molar-refractivity contribution is 6.02. The van der Waals surface area contributed by atoms with E-state index in [-0.39, 0.29) is 6.61 Å². The van der Waals surface area contributed by atoms with Crippen molar-refractivity contribution in [1.29, 1.82) is 0 Å². The molecule has 3 aromatic carbocycles. The molecule has 3 nitrogen and oxygen atoms in total. The van der Waals surface area contributed by atoms with Crippen LogP contribution in [0.25, 0.3) is 21.8 Å². The van der Waals surface area contributed by atoms with Crippen LogP contribution in [0.5, 0.6) is 0 Å². The number of hydrogen-bond donors (Lipinski definition) is 2. The van der Waals surface area contributed by atoms with Crippen molar-refractivity contribution in [3.63, 3.8) is 0 Å². The van der Waals surface area contributed by atoms with Gasteiger partial charge in [-0.1, -0.05) is 36.4 Å². The standard InChI is InChI=1S/C21H18N2O/c1-14-16(13-24)12-20-18(11-15-7-5-6-10-19(15)23-20)21(14)22-17-8-3-2-4-9-17/h2-12,22,24H,13H2,1H3. The fourth-order valence-corrected chi connectivity index (χ4v) is 3.07. The molecule has 4 rings (SSSR count). The highest BCUT2D eigenvalue weighted by Gasteiger charge is 2.12. The number of nitrogens with zero attached hydrogens (tertiary/aromatic N) is 1. The van der Waals surface area contributed by atoms with Gasteiger partial charge in [0.05, 0.1) is 23.3 Å². The number of aliphatic hydroxyl groups excluding tert-OH is 1. The van der Waals surface area contributed by atoms with Gasteiger partial charge in [0.25, 0.3) is 0 Å². The summed E-state index contributed by atoms with van der Waals surface area (Å²) in [5, 5.41) is 15.4. The van der Waals surface area contributed by atoms with Crippen LogP contribution in [0, 0.1) is 6.92 Å². The Morgan fingerprint density at radius 1 is 0.917 bits per heavy atom. The zero-order valence-corrected chi connectivity index (χ0v) is 13.5. The fraction of sp³-hybridized carbons (Fsp3) is 0.0952. The Morgan fingerprint density at radius 3 is 2.46 bits per heavy atom. The molecule has 118 valence electrons. The van der Waals surface area contributed by atoms with E-state index in [1.807, 2.05) is 61.5 Å². The summed E-state index contributed by atoms with van der Waals surface area (Å²) < 4.78 is 0. The van der Waals surface area contributed by atoms with Crippen molar-refractivity contribution >= 4 is 33.2 Å². The molecule has 1 heterocycles. The smallest absolute Gasteiger partial charge is 0.0734 e. The molecule has 0 aliphatic rings. The Hall–Kier alpha value is -2.91. The van der Waals surface area contributed by atoms with Crippen LogP contribution < -0.4 is 5.32 Å². The summed E-state index contributed by atoms with van der Waals surface area (Å²) in [6.07, 6.45) is 0. The molecule has 0 spiro atoms. The van der Waals surface area contributed by atoms with E-state index >= 15 is 0 Å². The van der Waals surface area contributed by atoms with E-state index in [4.69, 9.17) is 4.98 Å². The van der Waals surface area contributed by atoms with Crippen molar-refractivity contribution in [2.24, 2.45) is 0 Å². The number of nitrogens with one attached hydrogen (secondary N) is 1. The van der Waals surface area contributed by atoms with Gasteiger partial charge in [-0.2, -0.15) is 0 Å². The molecule has 0 unspecified atom stereocenters. The first kappa shape index (κ1) is 14.7. The summed E-state index contributed by atoms with van der Waals surface area (Å²) in [6.45, 7) is 2.03. The van der Waals surface area contributed by atoms with E-state index in [2.05, 4.69) is 17.4 Å². The molecule has 0 aliphatic carbocycles. The molecule has 0 bridgehead atoms. The van der Waals surface area contributed by atoms with Crippen LogP contribution in [0.1, 0.15) is 11.1 Å². The molecule has 0 amide bonds. The molecule has 1 aromatic heterocycles. The number of rotatable bonds is 3. The average molecular weight is 314 g/mol. The average Bonchev–Trinajstić information content (AvgIpc) is 2.63. The van der Waals surface area contributed by atoms with Crippen molar-refractivity contribution in [3.8, 4) is 0 Å². The second-order valence-corrected chi connectivity index (χ2v) is 5.93. The van der Waals surface area contributed by atoms with Crippen molar-refractivity contribution in [2.75, 3.05) is 5.32 Å². The summed E-state index contributed by atoms with van der Waals surface area (Å²) in [7, 11) is 0. The molecule has 0 radical (unpaired) electrons. The zero-order chi connectivity index (χ0) is 16.5. The highest BCUT2D eigenvalue weighted by Crippen LogP contribution is 2.33. The highest BCUT2D eigenvalue weighted by atomic mass is 16.3. The van der Waals surface area contributed by atoms with Crippen LogP contribution in [-0.4, -0.2) is 10.1 Å². The fourth-order valence-electron chi connectivity index (χ4n) is 3.07. The van der Waals surface area contributed by atoms with Crippen molar-refractivity contribution in [1.82, 2.24) is 4.98 Å². The van der Waals surface area contributed by atoms with Gasteiger partial charge in [-0.3, -0.25) is 0 Å². The number of pyridine rings is 1. The lowest BCUT2D eigenvalue weighted by Gasteiger charge is -2.16. The minimum Gasteiger partial charge on any atom is -0.392 e. The number of fused-ring (bicyclic) bond motifs is 2. The Kier molecular flexibility index (Phi) is 3.63. The van der Waals surface area contributed by atoms with E-state index < -0.39 is 0 Å². The van der Waals surface area contributed by atoms with Gasteiger partial charge < -0.3 is 10.4 Å². The summed E-state index contributed by atoms with van der Waals surface area (Å²) in [5.74, 6) is 0. The third-order valence-electron chi connectivity index (χ3n) is 4.40. The van der Waals surface area contributed by atoms with E-state index in [9.17, 15) is 5.11 Å². The molecule has 0 aliphatic heterocycles. The Labute approximate surface area is 140 Å². The lowest BCUT2D eigenvalue weighted by atomic mass is 10.0. The van der Waals surface area contributed by atoms with Crippen LogP contribution in [0.15, 0.2) is 66.7 Å². The van der Waals surface area contributed by atoms with Crippen LogP contribution >= 0.6 is 0 Å². The summed E-state index contributed by atoms with van der Waals surface area (Å²) in [6, 6.07) is 22.3. The predicted molar refractivity (Wildman–Crippen MR) is 99.6 cm³/mol.